The first-order valence-corrected chi connectivity index (χ1v) is 4.02. The van der Waals surface area contributed by atoms with E-state index in [1.165, 1.54) is 6.07 Å². The van der Waals surface area contributed by atoms with Crippen LogP contribution in [0.25, 0.3) is 10.8 Å². The summed E-state index contributed by atoms with van der Waals surface area (Å²) in [4.78, 5) is 13.6. The molecular weight excluding hydrogens is 166 g/mol. The molecule has 0 bridgehead atoms. The molecule has 0 saturated carbocycles. The van der Waals surface area contributed by atoms with Crippen molar-refractivity contribution in [3.05, 3.63) is 46.4 Å². The maximum atomic E-state index is 11.0. The van der Waals surface area contributed by atoms with Crippen molar-refractivity contribution in [2.75, 3.05) is 0 Å². The van der Waals surface area contributed by atoms with E-state index in [4.69, 9.17) is 5.11 Å². The lowest BCUT2D eigenvalue weighted by atomic mass is 10.1. The number of aliphatic hydroxyl groups is 1. The first kappa shape index (κ1) is 8.01. The first-order valence-electron chi connectivity index (χ1n) is 4.02. The van der Waals surface area contributed by atoms with Crippen LogP contribution in [-0.4, -0.2) is 10.1 Å². The number of hydrogen-bond acceptors (Lipinski definition) is 2. The average molecular weight is 175 g/mol. The minimum atomic E-state index is -0.145. The molecular formula is C10H9NO2. The van der Waals surface area contributed by atoms with Gasteiger partial charge in [0, 0.05) is 12.3 Å². The van der Waals surface area contributed by atoms with Gasteiger partial charge in [0.2, 0.25) is 5.56 Å². The third-order valence-corrected chi connectivity index (χ3v) is 2.05. The Hall–Kier alpha value is -1.61. The molecule has 3 nitrogen and oxygen atoms in total. The van der Waals surface area contributed by atoms with Crippen molar-refractivity contribution >= 4 is 10.8 Å². The van der Waals surface area contributed by atoms with Crippen LogP contribution in [0.5, 0.6) is 0 Å². The molecule has 0 unspecified atom stereocenters. The molecule has 13 heavy (non-hydrogen) atoms. The van der Waals surface area contributed by atoms with E-state index in [0.29, 0.717) is 0 Å². The number of rotatable bonds is 1. The van der Waals surface area contributed by atoms with Crippen molar-refractivity contribution in [2.45, 2.75) is 6.61 Å². The Kier molecular flexibility index (Phi) is 1.87. The summed E-state index contributed by atoms with van der Waals surface area (Å²) in [7, 11) is 0. The van der Waals surface area contributed by atoms with E-state index in [1.807, 2.05) is 18.2 Å². The number of aromatic nitrogens is 1. The second-order valence-electron chi connectivity index (χ2n) is 2.88. The van der Waals surface area contributed by atoms with Crippen molar-refractivity contribution in [2.24, 2.45) is 0 Å². The number of benzene rings is 1. The Morgan fingerprint density at radius 2 is 2.23 bits per heavy atom. The summed E-state index contributed by atoms with van der Waals surface area (Å²) in [6.45, 7) is -0.0409. The van der Waals surface area contributed by atoms with E-state index < -0.39 is 0 Å². The molecule has 0 spiro atoms. The van der Waals surface area contributed by atoms with Crippen molar-refractivity contribution in [3.63, 3.8) is 0 Å². The fourth-order valence-corrected chi connectivity index (χ4v) is 1.39. The summed E-state index contributed by atoms with van der Waals surface area (Å²) >= 11 is 0. The zero-order valence-corrected chi connectivity index (χ0v) is 6.95. The smallest absolute Gasteiger partial charge is 0.248 e. The Morgan fingerprint density at radius 3 is 3.00 bits per heavy atom. The standard InChI is InChI=1S/C10H9NO2/c12-6-8-3-1-2-7-5-11-10(13)4-9(7)8/h1-5,12H,6H2,(H,11,13). The maximum absolute atomic E-state index is 11.0. The minimum absolute atomic E-state index is 0.0409. The fraction of sp³-hybridized carbons (Fsp3) is 0.100. The summed E-state index contributed by atoms with van der Waals surface area (Å²) in [5, 5.41) is 10.8. The van der Waals surface area contributed by atoms with Gasteiger partial charge in [0.25, 0.3) is 0 Å². The second-order valence-corrected chi connectivity index (χ2v) is 2.88. The van der Waals surface area contributed by atoms with Gasteiger partial charge in [0.15, 0.2) is 0 Å². The van der Waals surface area contributed by atoms with Crippen LogP contribution in [-0.2, 0) is 6.61 Å². The van der Waals surface area contributed by atoms with Gasteiger partial charge in [-0.25, -0.2) is 0 Å². The van der Waals surface area contributed by atoms with Gasteiger partial charge in [-0.3, -0.25) is 4.79 Å². The van der Waals surface area contributed by atoms with Gasteiger partial charge < -0.3 is 10.1 Å². The Labute approximate surface area is 74.7 Å². The van der Waals surface area contributed by atoms with Crippen LogP contribution in [0.4, 0.5) is 0 Å². The highest BCUT2D eigenvalue weighted by molar-refractivity contribution is 5.84. The van der Waals surface area contributed by atoms with Crippen LogP contribution in [0.15, 0.2) is 35.3 Å². The lowest BCUT2D eigenvalue weighted by Crippen LogP contribution is -2.02. The number of nitrogens with one attached hydrogen (secondary N) is 1. The summed E-state index contributed by atoms with van der Waals surface area (Å²) in [5.74, 6) is 0. The van der Waals surface area contributed by atoms with Crippen LogP contribution >= 0.6 is 0 Å². The first-order chi connectivity index (χ1) is 6.31. The summed E-state index contributed by atoms with van der Waals surface area (Å²) in [6.07, 6.45) is 1.65. The third-order valence-electron chi connectivity index (χ3n) is 2.05. The van der Waals surface area contributed by atoms with Crippen LogP contribution in [0, 0.1) is 0 Å². The van der Waals surface area contributed by atoms with Crippen molar-refractivity contribution in [1.29, 1.82) is 0 Å². The fourth-order valence-electron chi connectivity index (χ4n) is 1.39. The van der Waals surface area contributed by atoms with Gasteiger partial charge in [0.05, 0.1) is 6.61 Å². The molecule has 0 aliphatic carbocycles. The molecule has 3 heteroatoms. The lowest BCUT2D eigenvalue weighted by molar-refractivity contribution is 0.283. The topological polar surface area (TPSA) is 53.1 Å². The SMILES string of the molecule is O=c1cc2c(CO)cccc2c[nH]1. The number of H-pyrrole nitrogens is 1. The zero-order valence-electron chi connectivity index (χ0n) is 6.95. The minimum Gasteiger partial charge on any atom is -0.392 e. The van der Waals surface area contributed by atoms with Gasteiger partial charge in [-0.05, 0) is 16.3 Å². The highest BCUT2D eigenvalue weighted by Crippen LogP contribution is 2.15. The molecule has 66 valence electrons. The number of aliphatic hydroxyl groups excluding tert-OH is 1. The van der Waals surface area contributed by atoms with E-state index in [2.05, 4.69) is 4.98 Å². The molecule has 0 atom stereocenters. The normalized spacial score (nSPS) is 10.5. The third kappa shape index (κ3) is 1.34. The monoisotopic (exact) mass is 175 g/mol. The highest BCUT2D eigenvalue weighted by Gasteiger charge is 1.99. The molecule has 1 heterocycles. The molecule has 0 saturated heterocycles. The molecule has 0 aliphatic rings. The van der Waals surface area contributed by atoms with Gasteiger partial charge in [-0.2, -0.15) is 0 Å². The van der Waals surface area contributed by atoms with Crippen LogP contribution in [0.3, 0.4) is 0 Å². The number of hydrogen-bond donors (Lipinski definition) is 2. The predicted molar refractivity (Wildman–Crippen MR) is 50.5 cm³/mol. The summed E-state index contributed by atoms with van der Waals surface area (Å²) in [5.41, 5.74) is 0.636. The van der Waals surface area contributed by atoms with Crippen LogP contribution in [0.2, 0.25) is 0 Å². The average Bonchev–Trinajstić information content (AvgIpc) is 2.17. The molecule has 0 fully saturated rings. The molecule has 2 aromatic rings. The van der Waals surface area contributed by atoms with E-state index in [9.17, 15) is 4.79 Å². The highest BCUT2D eigenvalue weighted by atomic mass is 16.3. The van der Waals surface area contributed by atoms with E-state index in [0.717, 1.165) is 16.3 Å². The van der Waals surface area contributed by atoms with Crippen molar-refractivity contribution < 1.29 is 5.11 Å². The molecule has 1 aromatic carbocycles. The van der Waals surface area contributed by atoms with E-state index >= 15 is 0 Å². The van der Waals surface area contributed by atoms with Gasteiger partial charge >= 0.3 is 0 Å². The molecule has 2 N–H and O–H groups in total. The molecule has 1 aromatic heterocycles. The van der Waals surface area contributed by atoms with E-state index in [-0.39, 0.29) is 12.2 Å². The molecule has 2 rings (SSSR count). The Bertz CT molecular complexity index is 487. The zero-order chi connectivity index (χ0) is 9.26. The number of aromatic amines is 1. The Morgan fingerprint density at radius 1 is 1.38 bits per heavy atom. The largest absolute Gasteiger partial charge is 0.392 e. The molecule has 0 amide bonds. The quantitative estimate of drug-likeness (QED) is 0.679. The summed E-state index contributed by atoms with van der Waals surface area (Å²) < 4.78 is 0. The van der Waals surface area contributed by atoms with Gasteiger partial charge in [0.1, 0.15) is 0 Å². The van der Waals surface area contributed by atoms with Crippen molar-refractivity contribution in [1.82, 2.24) is 4.98 Å². The predicted octanol–water partition coefficient (Wildman–Crippen LogP) is 1.02. The van der Waals surface area contributed by atoms with Crippen molar-refractivity contribution in [3.8, 4) is 0 Å². The number of pyridine rings is 1. The number of fused-ring (bicyclic) bond motifs is 1. The maximum Gasteiger partial charge on any atom is 0.248 e. The van der Waals surface area contributed by atoms with E-state index in [1.54, 1.807) is 6.20 Å². The Balaban J connectivity index is 2.87. The van der Waals surface area contributed by atoms with Gasteiger partial charge in [-0.1, -0.05) is 18.2 Å². The molecule has 0 aliphatic heterocycles. The lowest BCUT2D eigenvalue weighted by Gasteiger charge is -2.01. The summed E-state index contributed by atoms with van der Waals surface area (Å²) in [6, 6.07) is 7.05. The van der Waals surface area contributed by atoms with Gasteiger partial charge in [-0.15, -0.1) is 0 Å². The van der Waals surface area contributed by atoms with Crippen LogP contribution in [0.1, 0.15) is 5.56 Å². The molecule has 0 radical (unpaired) electrons. The second kappa shape index (κ2) is 3.03. The van der Waals surface area contributed by atoms with Crippen LogP contribution < -0.4 is 5.56 Å².